The summed E-state index contributed by atoms with van der Waals surface area (Å²) in [4.78, 5) is 39.0. The molecule has 0 aliphatic heterocycles. The van der Waals surface area contributed by atoms with Crippen LogP contribution >= 0.6 is 0 Å². The second-order valence-corrected chi connectivity index (χ2v) is 8.10. The Morgan fingerprint density at radius 1 is 1.18 bits per heavy atom. The first-order chi connectivity index (χ1) is 13.2. The molecular formula is C22H26N2O4. The number of aromatic nitrogens is 1. The summed E-state index contributed by atoms with van der Waals surface area (Å²) < 4.78 is 6.38. The van der Waals surface area contributed by atoms with Crippen molar-refractivity contribution in [2.75, 3.05) is 20.3 Å². The summed E-state index contributed by atoms with van der Waals surface area (Å²) in [6.45, 7) is 6.55. The Kier molecular flexibility index (Phi) is 5.52. The third-order valence-electron chi connectivity index (χ3n) is 5.04. The summed E-state index contributed by atoms with van der Waals surface area (Å²) in [7, 11) is 1.54. The van der Waals surface area contributed by atoms with Gasteiger partial charge in [0.05, 0.1) is 6.61 Å². The number of amides is 1. The summed E-state index contributed by atoms with van der Waals surface area (Å²) in [5, 5.41) is 2.73. The summed E-state index contributed by atoms with van der Waals surface area (Å²) in [6.07, 6.45) is 2.48. The number of carbonyl (C=O) groups is 2. The van der Waals surface area contributed by atoms with Crippen molar-refractivity contribution in [1.82, 2.24) is 9.88 Å². The van der Waals surface area contributed by atoms with Crippen LogP contribution in [0.3, 0.4) is 0 Å². The van der Waals surface area contributed by atoms with Crippen molar-refractivity contribution in [1.29, 1.82) is 0 Å². The van der Waals surface area contributed by atoms with Gasteiger partial charge in [-0.2, -0.15) is 0 Å². The van der Waals surface area contributed by atoms with E-state index in [1.165, 1.54) is 4.57 Å². The van der Waals surface area contributed by atoms with Gasteiger partial charge >= 0.3 is 0 Å². The Hall–Kier alpha value is -2.73. The quantitative estimate of drug-likeness (QED) is 0.807. The lowest BCUT2D eigenvalue weighted by Gasteiger charge is -2.31. The van der Waals surface area contributed by atoms with Crippen molar-refractivity contribution in [2.24, 2.45) is 5.41 Å². The average molecular weight is 382 g/mol. The van der Waals surface area contributed by atoms with Gasteiger partial charge in [-0.05, 0) is 36.5 Å². The first-order valence-corrected chi connectivity index (χ1v) is 9.39. The van der Waals surface area contributed by atoms with Gasteiger partial charge in [0.25, 0.3) is 11.5 Å². The summed E-state index contributed by atoms with van der Waals surface area (Å²) in [6, 6.07) is 7.41. The summed E-state index contributed by atoms with van der Waals surface area (Å²) >= 11 is 0. The van der Waals surface area contributed by atoms with Gasteiger partial charge in [0.2, 0.25) is 0 Å². The van der Waals surface area contributed by atoms with Crippen molar-refractivity contribution >= 4 is 11.7 Å². The number of carbonyl (C=O) groups excluding carboxylic acids is 2. The van der Waals surface area contributed by atoms with Crippen LogP contribution in [-0.2, 0) is 11.2 Å². The maximum absolute atomic E-state index is 13.3. The SMILES string of the molecule is COCCNC(=O)c1c2c(cn(-c3ccc(C)cc3)c1=O)C(=O)CC(C)(C)C2. The molecule has 28 heavy (non-hydrogen) atoms. The first-order valence-electron chi connectivity index (χ1n) is 9.39. The number of nitrogens with zero attached hydrogens (tertiary/aromatic N) is 1. The predicted octanol–water partition coefficient (Wildman–Crippen LogP) is 2.68. The molecule has 6 nitrogen and oxygen atoms in total. The molecule has 0 fully saturated rings. The number of aryl methyl sites for hydroxylation is 1. The van der Waals surface area contributed by atoms with E-state index in [-0.39, 0.29) is 16.8 Å². The Bertz CT molecular complexity index is 971. The molecule has 2 aromatic rings. The lowest BCUT2D eigenvalue weighted by atomic mass is 9.73. The van der Waals surface area contributed by atoms with E-state index in [2.05, 4.69) is 5.32 Å². The zero-order valence-electron chi connectivity index (χ0n) is 16.8. The van der Waals surface area contributed by atoms with Crippen LogP contribution in [0.25, 0.3) is 5.69 Å². The van der Waals surface area contributed by atoms with E-state index in [1.54, 1.807) is 13.3 Å². The van der Waals surface area contributed by atoms with E-state index >= 15 is 0 Å². The highest BCUT2D eigenvalue weighted by Crippen LogP contribution is 2.35. The summed E-state index contributed by atoms with van der Waals surface area (Å²) in [5.74, 6) is -0.511. The minimum atomic E-state index is -0.467. The molecule has 0 spiro atoms. The monoisotopic (exact) mass is 382 g/mol. The molecule has 0 bridgehead atoms. The molecule has 6 heteroatoms. The van der Waals surface area contributed by atoms with Crippen LogP contribution < -0.4 is 10.9 Å². The number of hydrogen-bond acceptors (Lipinski definition) is 4. The maximum Gasteiger partial charge on any atom is 0.268 e. The van der Waals surface area contributed by atoms with Crippen LogP contribution in [0, 0.1) is 12.3 Å². The predicted molar refractivity (Wildman–Crippen MR) is 107 cm³/mol. The van der Waals surface area contributed by atoms with Crippen LogP contribution in [0.2, 0.25) is 0 Å². The standard InChI is InChI=1S/C22H26N2O4/c1-14-5-7-15(8-6-14)24-13-17-16(11-22(2,3)12-18(17)25)19(21(24)27)20(26)23-9-10-28-4/h5-8,13H,9-12H2,1-4H3,(H,23,26). The molecule has 0 radical (unpaired) electrons. The smallest absolute Gasteiger partial charge is 0.268 e. The van der Waals surface area contributed by atoms with Gasteiger partial charge in [-0.3, -0.25) is 19.0 Å². The second kappa shape index (κ2) is 7.72. The van der Waals surface area contributed by atoms with Crippen LogP contribution in [0.1, 0.15) is 52.1 Å². The van der Waals surface area contributed by atoms with E-state index in [0.717, 1.165) is 5.56 Å². The van der Waals surface area contributed by atoms with Crippen LogP contribution in [0.5, 0.6) is 0 Å². The molecule has 0 atom stereocenters. The van der Waals surface area contributed by atoms with Gasteiger partial charge in [-0.25, -0.2) is 0 Å². The molecule has 1 aliphatic carbocycles. The molecule has 3 rings (SSSR count). The molecule has 1 aromatic heterocycles. The van der Waals surface area contributed by atoms with E-state index in [1.807, 2.05) is 45.0 Å². The van der Waals surface area contributed by atoms with Gasteiger partial charge in [-0.1, -0.05) is 31.5 Å². The number of fused-ring (bicyclic) bond motifs is 1. The number of hydrogen-bond donors (Lipinski definition) is 1. The summed E-state index contributed by atoms with van der Waals surface area (Å²) in [5.41, 5.74) is 2.03. The van der Waals surface area contributed by atoms with Crippen molar-refractivity contribution in [3.8, 4) is 5.69 Å². The van der Waals surface area contributed by atoms with E-state index < -0.39 is 11.5 Å². The third-order valence-corrected chi connectivity index (χ3v) is 5.04. The van der Waals surface area contributed by atoms with Crippen molar-refractivity contribution in [2.45, 2.75) is 33.6 Å². The zero-order chi connectivity index (χ0) is 20.5. The van der Waals surface area contributed by atoms with Gasteiger partial charge in [0.1, 0.15) is 5.56 Å². The third kappa shape index (κ3) is 3.92. The van der Waals surface area contributed by atoms with Crippen LogP contribution in [0.4, 0.5) is 0 Å². The van der Waals surface area contributed by atoms with Gasteiger partial charge in [0, 0.05) is 37.5 Å². The van der Waals surface area contributed by atoms with E-state index in [9.17, 15) is 14.4 Å². The van der Waals surface area contributed by atoms with Gasteiger partial charge in [-0.15, -0.1) is 0 Å². The zero-order valence-corrected chi connectivity index (χ0v) is 16.8. The molecule has 1 heterocycles. The lowest BCUT2D eigenvalue weighted by molar-refractivity contribution is 0.0907. The molecule has 0 saturated carbocycles. The van der Waals surface area contributed by atoms with Crippen molar-refractivity contribution in [3.63, 3.8) is 0 Å². The molecular weight excluding hydrogens is 356 g/mol. The maximum atomic E-state index is 13.3. The number of rotatable bonds is 5. The normalized spacial score (nSPS) is 15.2. The fourth-order valence-electron chi connectivity index (χ4n) is 3.63. The molecule has 1 amide bonds. The van der Waals surface area contributed by atoms with Crippen molar-refractivity contribution in [3.05, 3.63) is 63.1 Å². The van der Waals surface area contributed by atoms with Gasteiger partial charge < -0.3 is 10.1 Å². The molecule has 1 aromatic carbocycles. The van der Waals surface area contributed by atoms with E-state index in [0.29, 0.717) is 42.8 Å². The lowest BCUT2D eigenvalue weighted by Crippen LogP contribution is -2.39. The van der Waals surface area contributed by atoms with Crippen molar-refractivity contribution < 1.29 is 14.3 Å². The number of nitrogens with one attached hydrogen (secondary N) is 1. The van der Waals surface area contributed by atoms with E-state index in [4.69, 9.17) is 4.74 Å². The number of Topliss-reactive ketones (excluding diaryl/α,β-unsaturated/α-hetero) is 1. The first kappa shape index (κ1) is 20.0. The number of benzene rings is 1. The fraction of sp³-hybridized carbons (Fsp3) is 0.409. The molecule has 0 unspecified atom stereocenters. The minimum Gasteiger partial charge on any atom is -0.383 e. The number of ether oxygens (including phenoxy) is 1. The molecule has 148 valence electrons. The van der Waals surface area contributed by atoms with Crippen LogP contribution in [0.15, 0.2) is 35.3 Å². The number of ketones is 1. The minimum absolute atomic E-state index is 0.0435. The molecule has 0 saturated heterocycles. The Morgan fingerprint density at radius 3 is 2.50 bits per heavy atom. The topological polar surface area (TPSA) is 77.4 Å². The Balaban J connectivity index is 2.20. The number of methoxy groups -OCH3 is 1. The fourth-order valence-corrected chi connectivity index (χ4v) is 3.63. The second-order valence-electron chi connectivity index (χ2n) is 8.10. The highest BCUT2D eigenvalue weighted by Gasteiger charge is 2.35. The van der Waals surface area contributed by atoms with Gasteiger partial charge in [0.15, 0.2) is 5.78 Å². The molecule has 1 aliphatic rings. The number of pyridine rings is 1. The highest BCUT2D eigenvalue weighted by molar-refractivity contribution is 6.04. The highest BCUT2D eigenvalue weighted by atomic mass is 16.5. The largest absolute Gasteiger partial charge is 0.383 e. The van der Waals surface area contributed by atoms with Crippen LogP contribution in [-0.4, -0.2) is 36.5 Å². The molecule has 1 N–H and O–H groups in total. The Labute approximate surface area is 164 Å². The Morgan fingerprint density at radius 2 is 1.86 bits per heavy atom. The average Bonchev–Trinajstić information content (AvgIpc) is 2.61.